The van der Waals surface area contributed by atoms with Crippen molar-refractivity contribution in [2.45, 2.75) is 38.7 Å². The molecule has 1 aromatic rings. The van der Waals surface area contributed by atoms with Crippen molar-refractivity contribution in [1.82, 2.24) is 15.3 Å². The Hall–Kier alpha value is -1.20. The highest BCUT2D eigenvalue weighted by molar-refractivity contribution is 6.33. The van der Waals surface area contributed by atoms with E-state index < -0.39 is 0 Å². The number of nitrogens with one attached hydrogen (secondary N) is 1. The van der Waals surface area contributed by atoms with Crippen LogP contribution in [0.2, 0.25) is 5.02 Å². The SMILES string of the molecule is CC(C)c1ncc(Cl)c(C(=O)NCC2CCCO2)n1. The molecule has 1 saturated heterocycles. The highest BCUT2D eigenvalue weighted by Gasteiger charge is 2.19. The van der Waals surface area contributed by atoms with E-state index in [9.17, 15) is 4.79 Å². The zero-order valence-corrected chi connectivity index (χ0v) is 11.9. The van der Waals surface area contributed by atoms with Crippen molar-refractivity contribution in [2.75, 3.05) is 13.2 Å². The number of amides is 1. The fraction of sp³-hybridized carbons (Fsp3) is 0.615. The van der Waals surface area contributed by atoms with Gasteiger partial charge in [0.2, 0.25) is 0 Å². The quantitative estimate of drug-likeness (QED) is 0.920. The molecular formula is C13H18ClN3O2. The number of carbonyl (C=O) groups is 1. The predicted molar refractivity (Wildman–Crippen MR) is 72.4 cm³/mol. The minimum Gasteiger partial charge on any atom is -0.376 e. The summed E-state index contributed by atoms with van der Waals surface area (Å²) in [6.07, 6.45) is 3.61. The molecule has 1 amide bonds. The summed E-state index contributed by atoms with van der Waals surface area (Å²) in [5.74, 6) is 0.499. The van der Waals surface area contributed by atoms with Gasteiger partial charge in [-0.2, -0.15) is 0 Å². The molecule has 0 aliphatic carbocycles. The van der Waals surface area contributed by atoms with E-state index in [4.69, 9.17) is 16.3 Å². The largest absolute Gasteiger partial charge is 0.376 e. The normalized spacial score (nSPS) is 18.8. The van der Waals surface area contributed by atoms with Crippen LogP contribution in [0.25, 0.3) is 0 Å². The number of carbonyl (C=O) groups excluding carboxylic acids is 1. The van der Waals surface area contributed by atoms with Gasteiger partial charge in [0.15, 0.2) is 0 Å². The molecule has 1 unspecified atom stereocenters. The summed E-state index contributed by atoms with van der Waals surface area (Å²) < 4.78 is 5.45. The van der Waals surface area contributed by atoms with Crippen LogP contribution in [-0.2, 0) is 4.74 Å². The Balaban J connectivity index is 2.02. The zero-order valence-electron chi connectivity index (χ0n) is 11.1. The Morgan fingerprint density at radius 2 is 2.42 bits per heavy atom. The molecule has 1 aliphatic heterocycles. The van der Waals surface area contributed by atoms with E-state index >= 15 is 0 Å². The van der Waals surface area contributed by atoms with E-state index in [0.717, 1.165) is 19.4 Å². The summed E-state index contributed by atoms with van der Waals surface area (Å²) in [5, 5.41) is 3.08. The van der Waals surface area contributed by atoms with Gasteiger partial charge in [-0.3, -0.25) is 4.79 Å². The molecule has 0 saturated carbocycles. The van der Waals surface area contributed by atoms with Gasteiger partial charge < -0.3 is 10.1 Å². The van der Waals surface area contributed by atoms with Crippen molar-refractivity contribution in [2.24, 2.45) is 0 Å². The van der Waals surface area contributed by atoms with Crippen LogP contribution in [0.3, 0.4) is 0 Å². The number of rotatable bonds is 4. The van der Waals surface area contributed by atoms with E-state index in [-0.39, 0.29) is 28.6 Å². The van der Waals surface area contributed by atoms with Crippen LogP contribution in [0.4, 0.5) is 0 Å². The molecule has 1 fully saturated rings. The molecular weight excluding hydrogens is 266 g/mol. The third kappa shape index (κ3) is 3.64. The molecule has 1 atom stereocenters. The monoisotopic (exact) mass is 283 g/mol. The molecule has 19 heavy (non-hydrogen) atoms. The van der Waals surface area contributed by atoms with Crippen LogP contribution in [0.1, 0.15) is 48.9 Å². The summed E-state index contributed by atoms with van der Waals surface area (Å²) in [6.45, 7) is 5.21. The molecule has 6 heteroatoms. The summed E-state index contributed by atoms with van der Waals surface area (Å²) in [6, 6.07) is 0. The number of hydrogen-bond acceptors (Lipinski definition) is 4. The Morgan fingerprint density at radius 1 is 1.63 bits per heavy atom. The average Bonchev–Trinajstić information content (AvgIpc) is 2.89. The van der Waals surface area contributed by atoms with Gasteiger partial charge in [-0.15, -0.1) is 0 Å². The van der Waals surface area contributed by atoms with E-state index in [0.29, 0.717) is 12.4 Å². The zero-order chi connectivity index (χ0) is 13.8. The highest BCUT2D eigenvalue weighted by Crippen LogP contribution is 2.16. The first-order chi connectivity index (χ1) is 9.08. The maximum atomic E-state index is 12.1. The average molecular weight is 284 g/mol. The van der Waals surface area contributed by atoms with Crippen molar-refractivity contribution in [3.05, 3.63) is 22.7 Å². The first-order valence-electron chi connectivity index (χ1n) is 6.50. The topological polar surface area (TPSA) is 64.1 Å². The van der Waals surface area contributed by atoms with E-state index in [1.807, 2.05) is 13.8 Å². The number of ether oxygens (including phenoxy) is 1. The van der Waals surface area contributed by atoms with Crippen molar-refractivity contribution >= 4 is 17.5 Å². The molecule has 1 aliphatic rings. The van der Waals surface area contributed by atoms with Crippen LogP contribution in [0, 0.1) is 0 Å². The minimum atomic E-state index is -0.273. The van der Waals surface area contributed by atoms with Crippen molar-refractivity contribution in [3.63, 3.8) is 0 Å². The summed E-state index contributed by atoms with van der Waals surface area (Å²) in [4.78, 5) is 20.4. The second-order valence-electron chi connectivity index (χ2n) is 4.92. The lowest BCUT2D eigenvalue weighted by molar-refractivity contribution is 0.0853. The number of halogens is 1. The molecule has 0 bridgehead atoms. The van der Waals surface area contributed by atoms with E-state index in [1.54, 1.807) is 0 Å². The van der Waals surface area contributed by atoms with Crippen molar-refractivity contribution in [1.29, 1.82) is 0 Å². The molecule has 0 aromatic carbocycles. The smallest absolute Gasteiger partial charge is 0.271 e. The van der Waals surface area contributed by atoms with E-state index in [1.165, 1.54) is 6.20 Å². The number of nitrogens with zero attached hydrogens (tertiary/aromatic N) is 2. The van der Waals surface area contributed by atoms with Gasteiger partial charge in [0.1, 0.15) is 11.5 Å². The lowest BCUT2D eigenvalue weighted by Crippen LogP contribution is -2.32. The Kier molecular flexibility index (Phi) is 4.71. The maximum Gasteiger partial charge on any atom is 0.271 e. The molecule has 0 radical (unpaired) electrons. The first kappa shape index (κ1) is 14.2. The molecule has 5 nitrogen and oxygen atoms in total. The molecule has 104 valence electrons. The maximum absolute atomic E-state index is 12.1. The fourth-order valence-electron chi connectivity index (χ4n) is 1.91. The van der Waals surface area contributed by atoms with E-state index in [2.05, 4.69) is 15.3 Å². The van der Waals surface area contributed by atoms with Gasteiger partial charge >= 0.3 is 0 Å². The molecule has 1 N–H and O–H groups in total. The minimum absolute atomic E-state index is 0.106. The van der Waals surface area contributed by atoms with Crippen LogP contribution in [0.15, 0.2) is 6.20 Å². The van der Waals surface area contributed by atoms with Crippen LogP contribution in [-0.4, -0.2) is 35.1 Å². The third-order valence-electron chi connectivity index (χ3n) is 3.01. The highest BCUT2D eigenvalue weighted by atomic mass is 35.5. The second-order valence-corrected chi connectivity index (χ2v) is 5.33. The summed E-state index contributed by atoms with van der Waals surface area (Å²) in [5.41, 5.74) is 0.235. The van der Waals surface area contributed by atoms with Gasteiger partial charge in [-0.05, 0) is 12.8 Å². The fourth-order valence-corrected chi connectivity index (χ4v) is 2.09. The Morgan fingerprint density at radius 3 is 3.05 bits per heavy atom. The van der Waals surface area contributed by atoms with Crippen LogP contribution < -0.4 is 5.32 Å². The Labute approximate surface area is 117 Å². The van der Waals surface area contributed by atoms with Gasteiger partial charge in [-0.1, -0.05) is 25.4 Å². The second kappa shape index (κ2) is 6.30. The lowest BCUT2D eigenvalue weighted by atomic mass is 10.2. The number of aromatic nitrogens is 2. The van der Waals surface area contributed by atoms with Gasteiger partial charge in [0, 0.05) is 19.1 Å². The lowest BCUT2D eigenvalue weighted by Gasteiger charge is -2.12. The van der Waals surface area contributed by atoms with Crippen molar-refractivity contribution < 1.29 is 9.53 Å². The predicted octanol–water partition coefficient (Wildman–Crippen LogP) is 2.16. The molecule has 1 aromatic heterocycles. The Bertz CT molecular complexity index is 459. The summed E-state index contributed by atoms with van der Waals surface area (Å²) >= 11 is 5.97. The first-order valence-corrected chi connectivity index (χ1v) is 6.88. The third-order valence-corrected chi connectivity index (χ3v) is 3.29. The molecule has 0 spiro atoms. The van der Waals surface area contributed by atoms with Crippen LogP contribution in [0.5, 0.6) is 0 Å². The van der Waals surface area contributed by atoms with Crippen molar-refractivity contribution in [3.8, 4) is 0 Å². The summed E-state index contributed by atoms with van der Waals surface area (Å²) in [7, 11) is 0. The molecule has 2 rings (SSSR count). The van der Waals surface area contributed by atoms with Gasteiger partial charge in [0.25, 0.3) is 5.91 Å². The van der Waals surface area contributed by atoms with Gasteiger partial charge in [0.05, 0.1) is 17.3 Å². The number of hydrogen-bond donors (Lipinski definition) is 1. The standard InChI is InChI=1S/C13H18ClN3O2/c1-8(2)12-15-7-10(14)11(17-12)13(18)16-6-9-4-3-5-19-9/h7-9H,3-6H2,1-2H3,(H,16,18). The van der Waals surface area contributed by atoms with Gasteiger partial charge in [-0.25, -0.2) is 9.97 Å². The molecule has 2 heterocycles. The van der Waals surface area contributed by atoms with Crippen LogP contribution >= 0.6 is 11.6 Å².